The number of carboxylic acid groups (broad SMARTS) is 1. The second kappa shape index (κ2) is 6.52. The zero-order valence-electron chi connectivity index (χ0n) is 12.8. The van der Waals surface area contributed by atoms with Crippen molar-refractivity contribution >= 4 is 33.5 Å². The lowest BCUT2D eigenvalue weighted by molar-refractivity contribution is 0.0250. The summed E-state index contributed by atoms with van der Waals surface area (Å²) in [5.41, 5.74) is 0.243. The Balaban J connectivity index is 1.63. The molecule has 0 aromatic carbocycles. The predicted molar refractivity (Wildman–Crippen MR) is 90.9 cm³/mol. The molecule has 0 aliphatic carbocycles. The van der Waals surface area contributed by atoms with Crippen molar-refractivity contribution in [2.45, 2.75) is 6.10 Å². The van der Waals surface area contributed by atoms with Gasteiger partial charge in [0.05, 0.1) is 19.3 Å². The Morgan fingerprint density at radius 1 is 1.46 bits per heavy atom. The molecule has 1 saturated heterocycles. The predicted octanol–water partition coefficient (Wildman–Crippen LogP) is 2.03. The number of aryl methyl sites for hydroxylation is 1. The summed E-state index contributed by atoms with van der Waals surface area (Å²) in [6.45, 7) is 0.701. The Hall–Kier alpha value is -2.55. The number of ether oxygens (including phenoxy) is 1. The van der Waals surface area contributed by atoms with Crippen LogP contribution in [0.4, 0.5) is 16.3 Å². The standard InChI is InChI=1S/C15H15BrN4O4/c1-19-6-9(16)4-12(14(19)21)18-13-3-2-10(5-17-13)24-11-7-20(8-11)15(22)23/h2-6,11H,7-8H2,1H3,(H,17,18)(H,22,23). The van der Waals surface area contributed by atoms with Crippen molar-refractivity contribution in [3.8, 4) is 5.75 Å². The van der Waals surface area contributed by atoms with Gasteiger partial charge in [0.1, 0.15) is 23.4 Å². The fraction of sp³-hybridized carbons (Fsp3) is 0.267. The molecule has 1 aliphatic heterocycles. The Morgan fingerprint density at radius 3 is 2.83 bits per heavy atom. The second-order valence-corrected chi connectivity index (χ2v) is 6.34. The molecule has 24 heavy (non-hydrogen) atoms. The minimum Gasteiger partial charge on any atom is -0.485 e. The van der Waals surface area contributed by atoms with E-state index >= 15 is 0 Å². The molecule has 2 aromatic rings. The van der Waals surface area contributed by atoms with Crippen LogP contribution in [0.1, 0.15) is 0 Å². The molecule has 9 heteroatoms. The summed E-state index contributed by atoms with van der Waals surface area (Å²) in [5.74, 6) is 1.07. The lowest BCUT2D eigenvalue weighted by atomic mass is 10.2. The van der Waals surface area contributed by atoms with Gasteiger partial charge in [-0.25, -0.2) is 9.78 Å². The maximum absolute atomic E-state index is 12.0. The van der Waals surface area contributed by atoms with E-state index in [9.17, 15) is 9.59 Å². The van der Waals surface area contributed by atoms with Crippen molar-refractivity contribution in [2.75, 3.05) is 18.4 Å². The van der Waals surface area contributed by atoms with Gasteiger partial charge >= 0.3 is 6.09 Å². The van der Waals surface area contributed by atoms with E-state index in [2.05, 4.69) is 26.2 Å². The molecule has 3 heterocycles. The van der Waals surface area contributed by atoms with Gasteiger partial charge in [0, 0.05) is 17.7 Å². The molecule has 2 aromatic heterocycles. The summed E-state index contributed by atoms with van der Waals surface area (Å²) in [6, 6.07) is 5.10. The molecular formula is C15H15BrN4O4. The van der Waals surface area contributed by atoms with E-state index in [1.807, 2.05) is 0 Å². The van der Waals surface area contributed by atoms with Crippen molar-refractivity contribution in [2.24, 2.45) is 7.05 Å². The van der Waals surface area contributed by atoms with E-state index in [1.165, 1.54) is 15.7 Å². The number of nitrogens with one attached hydrogen (secondary N) is 1. The molecule has 2 N–H and O–H groups in total. The smallest absolute Gasteiger partial charge is 0.407 e. The van der Waals surface area contributed by atoms with Crippen LogP contribution < -0.4 is 15.6 Å². The maximum Gasteiger partial charge on any atom is 0.407 e. The molecule has 0 bridgehead atoms. The third-order valence-corrected chi connectivity index (χ3v) is 4.00. The van der Waals surface area contributed by atoms with Crippen LogP contribution >= 0.6 is 15.9 Å². The van der Waals surface area contributed by atoms with Crippen LogP contribution in [0.2, 0.25) is 0 Å². The SMILES string of the molecule is Cn1cc(Br)cc(Nc2ccc(OC3CN(C(=O)O)C3)cn2)c1=O. The Bertz CT molecular complexity index is 815. The van der Waals surface area contributed by atoms with Crippen LogP contribution in [0.5, 0.6) is 5.75 Å². The first-order valence-corrected chi connectivity index (χ1v) is 7.95. The highest BCUT2D eigenvalue weighted by Crippen LogP contribution is 2.20. The maximum atomic E-state index is 12.0. The summed E-state index contributed by atoms with van der Waals surface area (Å²) in [4.78, 5) is 28.2. The van der Waals surface area contributed by atoms with Gasteiger partial charge in [-0.2, -0.15) is 0 Å². The number of rotatable bonds is 4. The summed E-state index contributed by atoms with van der Waals surface area (Å²) in [5, 5.41) is 11.7. The molecule has 8 nitrogen and oxygen atoms in total. The number of nitrogens with zero attached hydrogens (tertiary/aromatic N) is 3. The zero-order valence-corrected chi connectivity index (χ0v) is 14.4. The first-order valence-electron chi connectivity index (χ1n) is 7.16. The first kappa shape index (κ1) is 16.3. The molecule has 1 amide bonds. The largest absolute Gasteiger partial charge is 0.485 e. The summed E-state index contributed by atoms with van der Waals surface area (Å²) < 4.78 is 7.87. The van der Waals surface area contributed by atoms with Gasteiger partial charge in [0.15, 0.2) is 0 Å². The zero-order chi connectivity index (χ0) is 17.3. The van der Waals surface area contributed by atoms with Crippen LogP contribution in [0.25, 0.3) is 0 Å². The van der Waals surface area contributed by atoms with Crippen molar-refractivity contribution in [1.82, 2.24) is 14.5 Å². The van der Waals surface area contributed by atoms with Crippen LogP contribution in [0.15, 0.2) is 39.9 Å². The van der Waals surface area contributed by atoms with Crippen LogP contribution in [-0.2, 0) is 7.05 Å². The normalized spacial score (nSPS) is 14.2. The van der Waals surface area contributed by atoms with Gasteiger partial charge in [-0.1, -0.05) is 0 Å². The highest BCUT2D eigenvalue weighted by molar-refractivity contribution is 9.10. The fourth-order valence-corrected chi connectivity index (χ4v) is 2.82. The molecule has 1 fully saturated rings. The number of hydrogen-bond donors (Lipinski definition) is 2. The van der Waals surface area contributed by atoms with Crippen LogP contribution in [0.3, 0.4) is 0 Å². The highest BCUT2D eigenvalue weighted by atomic mass is 79.9. The monoisotopic (exact) mass is 394 g/mol. The number of hydrogen-bond acceptors (Lipinski definition) is 5. The number of pyridine rings is 2. The van der Waals surface area contributed by atoms with Gasteiger partial charge in [-0.05, 0) is 34.1 Å². The van der Waals surface area contributed by atoms with Crippen LogP contribution in [-0.4, -0.2) is 44.8 Å². The number of halogens is 1. The molecule has 1 aliphatic rings. The molecule has 0 atom stereocenters. The molecule has 0 unspecified atom stereocenters. The highest BCUT2D eigenvalue weighted by Gasteiger charge is 2.32. The van der Waals surface area contributed by atoms with Gasteiger partial charge < -0.3 is 24.6 Å². The van der Waals surface area contributed by atoms with Crippen LogP contribution in [0, 0.1) is 0 Å². The molecular weight excluding hydrogens is 380 g/mol. The number of anilines is 2. The van der Waals surface area contributed by atoms with E-state index in [-0.39, 0.29) is 11.7 Å². The van der Waals surface area contributed by atoms with Gasteiger partial charge in [-0.3, -0.25) is 4.79 Å². The van der Waals surface area contributed by atoms with Gasteiger partial charge in [0.25, 0.3) is 5.56 Å². The van der Waals surface area contributed by atoms with Gasteiger partial charge in [0.2, 0.25) is 0 Å². The minimum atomic E-state index is -0.942. The number of amides is 1. The van der Waals surface area contributed by atoms with Crippen molar-refractivity contribution < 1.29 is 14.6 Å². The molecule has 0 saturated carbocycles. The third-order valence-electron chi connectivity index (χ3n) is 3.57. The average Bonchev–Trinajstić information content (AvgIpc) is 2.48. The Morgan fingerprint density at radius 2 is 2.21 bits per heavy atom. The van der Waals surface area contributed by atoms with E-state index in [1.54, 1.807) is 31.4 Å². The second-order valence-electron chi connectivity index (χ2n) is 5.42. The quantitative estimate of drug-likeness (QED) is 0.823. The summed E-state index contributed by atoms with van der Waals surface area (Å²) in [6.07, 6.45) is 2.12. The number of likely N-dealkylation sites (tertiary alicyclic amines) is 1. The Kier molecular flexibility index (Phi) is 4.43. The van der Waals surface area contributed by atoms with Crippen molar-refractivity contribution in [1.29, 1.82) is 0 Å². The van der Waals surface area contributed by atoms with E-state index < -0.39 is 6.09 Å². The topological polar surface area (TPSA) is 96.7 Å². The molecule has 126 valence electrons. The molecule has 3 rings (SSSR count). The summed E-state index contributed by atoms with van der Waals surface area (Å²) in [7, 11) is 1.67. The van der Waals surface area contributed by atoms with E-state index in [4.69, 9.17) is 9.84 Å². The lowest BCUT2D eigenvalue weighted by Crippen LogP contribution is -2.55. The lowest BCUT2D eigenvalue weighted by Gasteiger charge is -2.36. The third kappa shape index (κ3) is 3.51. The minimum absolute atomic E-state index is 0.154. The Labute approximate surface area is 145 Å². The average molecular weight is 395 g/mol. The van der Waals surface area contributed by atoms with E-state index in [0.717, 1.165) is 4.47 Å². The van der Waals surface area contributed by atoms with E-state index in [0.29, 0.717) is 30.3 Å². The fourth-order valence-electron chi connectivity index (χ4n) is 2.28. The number of aromatic nitrogens is 2. The number of carbonyl (C=O) groups is 1. The molecule has 0 spiro atoms. The van der Waals surface area contributed by atoms with Gasteiger partial charge in [-0.15, -0.1) is 0 Å². The van der Waals surface area contributed by atoms with Crippen molar-refractivity contribution in [3.05, 3.63) is 45.4 Å². The summed E-state index contributed by atoms with van der Waals surface area (Å²) >= 11 is 3.34. The van der Waals surface area contributed by atoms with Crippen molar-refractivity contribution in [3.63, 3.8) is 0 Å². The first-order chi connectivity index (χ1) is 11.4. The molecule has 0 radical (unpaired) electrons.